The number of hydrogen-bond donors (Lipinski definition) is 1. The standard InChI is InChI=1S/C17H20N2O5/c1-11-16(21)19(12-5-2-3-7-14(12)24-11)10-8-15(20)18-9-4-6-13(18)17(22)23/h2-3,5,7,11,13H,4,6,8-10H2,1H3,(H,22,23). The van der Waals surface area contributed by atoms with Gasteiger partial charge in [0.1, 0.15) is 11.8 Å². The van der Waals surface area contributed by atoms with Gasteiger partial charge in [0.05, 0.1) is 5.69 Å². The smallest absolute Gasteiger partial charge is 0.326 e. The number of carboxylic acid groups (broad SMARTS) is 1. The van der Waals surface area contributed by atoms with Gasteiger partial charge in [-0.2, -0.15) is 0 Å². The molecule has 0 aromatic heterocycles. The molecule has 128 valence electrons. The van der Waals surface area contributed by atoms with Crippen molar-refractivity contribution in [2.45, 2.75) is 38.3 Å². The summed E-state index contributed by atoms with van der Waals surface area (Å²) in [7, 11) is 0. The Morgan fingerprint density at radius 3 is 2.83 bits per heavy atom. The zero-order chi connectivity index (χ0) is 17.3. The van der Waals surface area contributed by atoms with Crippen LogP contribution in [0.4, 0.5) is 5.69 Å². The van der Waals surface area contributed by atoms with Gasteiger partial charge in [-0.1, -0.05) is 12.1 Å². The highest BCUT2D eigenvalue weighted by Gasteiger charge is 2.35. The SMILES string of the molecule is CC1Oc2ccccc2N(CCC(=O)N2CCCC2C(=O)O)C1=O. The van der Waals surface area contributed by atoms with Crippen LogP contribution in [0.15, 0.2) is 24.3 Å². The van der Waals surface area contributed by atoms with Crippen molar-refractivity contribution < 1.29 is 24.2 Å². The van der Waals surface area contributed by atoms with Gasteiger partial charge in [0, 0.05) is 19.5 Å². The van der Waals surface area contributed by atoms with E-state index in [-0.39, 0.29) is 24.8 Å². The highest BCUT2D eigenvalue weighted by Crippen LogP contribution is 2.33. The number of hydrogen-bond acceptors (Lipinski definition) is 4. The van der Waals surface area contributed by atoms with Gasteiger partial charge in [-0.3, -0.25) is 9.59 Å². The summed E-state index contributed by atoms with van der Waals surface area (Å²) >= 11 is 0. The second-order valence-electron chi connectivity index (χ2n) is 6.05. The van der Waals surface area contributed by atoms with Crippen molar-refractivity contribution in [3.05, 3.63) is 24.3 Å². The zero-order valence-corrected chi connectivity index (χ0v) is 13.5. The number of likely N-dealkylation sites (tertiary alicyclic amines) is 1. The van der Waals surface area contributed by atoms with Crippen LogP contribution in [0.25, 0.3) is 0 Å². The van der Waals surface area contributed by atoms with Gasteiger partial charge in [-0.15, -0.1) is 0 Å². The number of fused-ring (bicyclic) bond motifs is 1. The van der Waals surface area contributed by atoms with Crippen LogP contribution in [0.2, 0.25) is 0 Å². The number of rotatable bonds is 4. The molecule has 2 unspecified atom stereocenters. The molecule has 2 atom stereocenters. The van der Waals surface area contributed by atoms with Crippen molar-refractivity contribution in [3.8, 4) is 5.75 Å². The van der Waals surface area contributed by atoms with Crippen molar-refractivity contribution in [2.24, 2.45) is 0 Å². The number of carbonyl (C=O) groups excluding carboxylic acids is 2. The lowest BCUT2D eigenvalue weighted by Gasteiger charge is -2.33. The first kappa shape index (κ1) is 16.3. The number of ether oxygens (including phenoxy) is 1. The summed E-state index contributed by atoms with van der Waals surface area (Å²) in [6.07, 6.45) is 0.668. The van der Waals surface area contributed by atoms with E-state index in [2.05, 4.69) is 0 Å². The maximum absolute atomic E-state index is 12.4. The molecule has 1 fully saturated rings. The molecular formula is C17H20N2O5. The first-order valence-electron chi connectivity index (χ1n) is 8.08. The fourth-order valence-corrected chi connectivity index (χ4v) is 3.26. The topological polar surface area (TPSA) is 87.2 Å². The van der Waals surface area contributed by atoms with E-state index in [1.54, 1.807) is 30.0 Å². The third-order valence-electron chi connectivity index (χ3n) is 4.48. The molecular weight excluding hydrogens is 312 g/mol. The van der Waals surface area contributed by atoms with Gasteiger partial charge in [0.2, 0.25) is 5.91 Å². The van der Waals surface area contributed by atoms with Crippen LogP contribution in [-0.2, 0) is 14.4 Å². The van der Waals surface area contributed by atoms with Gasteiger partial charge in [0.15, 0.2) is 6.10 Å². The van der Waals surface area contributed by atoms with Crippen LogP contribution in [0.3, 0.4) is 0 Å². The predicted octanol–water partition coefficient (Wildman–Crippen LogP) is 1.27. The fraction of sp³-hybridized carbons (Fsp3) is 0.471. The average Bonchev–Trinajstić information content (AvgIpc) is 3.05. The summed E-state index contributed by atoms with van der Waals surface area (Å²) in [5.74, 6) is -0.786. The minimum absolute atomic E-state index is 0.0938. The van der Waals surface area contributed by atoms with Gasteiger partial charge in [-0.05, 0) is 31.9 Å². The van der Waals surface area contributed by atoms with E-state index < -0.39 is 18.1 Å². The van der Waals surface area contributed by atoms with E-state index >= 15 is 0 Å². The number of amides is 2. The molecule has 0 saturated carbocycles. The van der Waals surface area contributed by atoms with Crippen molar-refractivity contribution in [1.82, 2.24) is 4.90 Å². The monoisotopic (exact) mass is 332 g/mol. The Labute approximate surface area is 139 Å². The third kappa shape index (κ3) is 2.93. The Hall–Kier alpha value is -2.57. The first-order valence-corrected chi connectivity index (χ1v) is 8.08. The van der Waals surface area contributed by atoms with Crippen LogP contribution < -0.4 is 9.64 Å². The molecule has 1 aromatic carbocycles. The Morgan fingerprint density at radius 1 is 1.33 bits per heavy atom. The van der Waals surface area contributed by atoms with Crippen molar-refractivity contribution in [3.63, 3.8) is 0 Å². The molecule has 0 radical (unpaired) electrons. The van der Waals surface area contributed by atoms with E-state index in [1.165, 1.54) is 4.90 Å². The van der Waals surface area contributed by atoms with E-state index in [0.29, 0.717) is 30.8 Å². The average molecular weight is 332 g/mol. The molecule has 7 heteroatoms. The Balaban J connectivity index is 1.71. The minimum atomic E-state index is -0.970. The van der Waals surface area contributed by atoms with Crippen molar-refractivity contribution in [2.75, 3.05) is 18.0 Å². The molecule has 2 aliphatic heterocycles. The van der Waals surface area contributed by atoms with Crippen LogP contribution >= 0.6 is 0 Å². The Kier molecular flexibility index (Phi) is 4.42. The maximum Gasteiger partial charge on any atom is 0.326 e. The highest BCUT2D eigenvalue weighted by molar-refractivity contribution is 6.00. The normalized spacial score (nSPS) is 23.0. The zero-order valence-electron chi connectivity index (χ0n) is 13.5. The van der Waals surface area contributed by atoms with Crippen molar-refractivity contribution >= 4 is 23.5 Å². The lowest BCUT2D eigenvalue weighted by Crippen LogP contribution is -2.47. The summed E-state index contributed by atoms with van der Waals surface area (Å²) in [5, 5.41) is 9.18. The maximum atomic E-state index is 12.4. The molecule has 1 saturated heterocycles. The molecule has 3 rings (SSSR count). The van der Waals surface area contributed by atoms with Gasteiger partial charge >= 0.3 is 5.97 Å². The summed E-state index contributed by atoms with van der Waals surface area (Å²) in [6.45, 7) is 2.35. The van der Waals surface area contributed by atoms with Gasteiger partial charge in [0.25, 0.3) is 5.91 Å². The van der Waals surface area contributed by atoms with E-state index in [9.17, 15) is 19.5 Å². The molecule has 2 amide bonds. The number of carboxylic acids is 1. The molecule has 1 N–H and O–H groups in total. The Morgan fingerprint density at radius 2 is 2.08 bits per heavy atom. The van der Waals surface area contributed by atoms with Crippen LogP contribution in [0, 0.1) is 0 Å². The first-order chi connectivity index (χ1) is 11.5. The quantitative estimate of drug-likeness (QED) is 0.897. The molecule has 24 heavy (non-hydrogen) atoms. The lowest BCUT2D eigenvalue weighted by molar-refractivity contribution is -0.148. The molecule has 0 aliphatic carbocycles. The molecule has 0 bridgehead atoms. The van der Waals surface area contributed by atoms with E-state index in [4.69, 9.17) is 4.74 Å². The molecule has 2 aliphatic rings. The number of para-hydroxylation sites is 2. The molecule has 0 spiro atoms. The highest BCUT2D eigenvalue weighted by atomic mass is 16.5. The number of aliphatic carboxylic acids is 1. The number of benzene rings is 1. The van der Waals surface area contributed by atoms with Crippen LogP contribution in [0.1, 0.15) is 26.2 Å². The Bertz CT molecular complexity index is 675. The number of nitrogens with zero attached hydrogens (tertiary/aromatic N) is 2. The van der Waals surface area contributed by atoms with Gasteiger partial charge in [-0.25, -0.2) is 4.79 Å². The number of carbonyl (C=O) groups is 3. The van der Waals surface area contributed by atoms with E-state index in [1.807, 2.05) is 6.07 Å². The minimum Gasteiger partial charge on any atom is -0.480 e. The summed E-state index contributed by atoms with van der Waals surface area (Å²) in [5.41, 5.74) is 0.643. The fourth-order valence-electron chi connectivity index (χ4n) is 3.26. The second kappa shape index (κ2) is 6.51. The third-order valence-corrected chi connectivity index (χ3v) is 4.48. The van der Waals surface area contributed by atoms with Crippen LogP contribution in [0.5, 0.6) is 5.75 Å². The van der Waals surface area contributed by atoms with Crippen LogP contribution in [-0.4, -0.2) is 53.0 Å². The summed E-state index contributed by atoms with van der Waals surface area (Å²) in [4.78, 5) is 38.9. The molecule has 1 aromatic rings. The summed E-state index contributed by atoms with van der Waals surface area (Å²) < 4.78 is 5.57. The lowest BCUT2D eigenvalue weighted by atomic mass is 10.1. The largest absolute Gasteiger partial charge is 0.480 e. The van der Waals surface area contributed by atoms with Crippen molar-refractivity contribution in [1.29, 1.82) is 0 Å². The second-order valence-corrected chi connectivity index (χ2v) is 6.05. The number of anilines is 1. The predicted molar refractivity (Wildman–Crippen MR) is 85.9 cm³/mol. The molecule has 2 heterocycles. The van der Waals surface area contributed by atoms with Gasteiger partial charge < -0.3 is 19.6 Å². The molecule has 7 nitrogen and oxygen atoms in total. The summed E-state index contributed by atoms with van der Waals surface area (Å²) in [6, 6.07) is 6.45. The van der Waals surface area contributed by atoms with E-state index in [0.717, 1.165) is 0 Å².